The first-order valence-electron chi connectivity index (χ1n) is 9.28. The number of sulfonamides is 1. The molecule has 3 aromatic carbocycles. The summed E-state index contributed by atoms with van der Waals surface area (Å²) in [6.07, 6.45) is 0. The van der Waals surface area contributed by atoms with E-state index in [1.807, 2.05) is 42.5 Å². The highest BCUT2D eigenvalue weighted by Gasteiger charge is 2.26. The van der Waals surface area contributed by atoms with Gasteiger partial charge in [-0.05, 0) is 47.9 Å². The van der Waals surface area contributed by atoms with E-state index < -0.39 is 10.0 Å². The van der Waals surface area contributed by atoms with Crippen molar-refractivity contribution in [2.75, 3.05) is 36.9 Å². The Morgan fingerprint density at radius 3 is 2.34 bits per heavy atom. The van der Waals surface area contributed by atoms with Gasteiger partial charge < -0.3 is 15.4 Å². The molecule has 6 nitrogen and oxygen atoms in total. The maximum atomic E-state index is 12.7. The van der Waals surface area contributed by atoms with E-state index in [4.69, 9.17) is 17.0 Å². The number of hydrogen-bond acceptors (Lipinski definition) is 4. The number of nitrogens with zero attached hydrogens (tertiary/aromatic N) is 1. The largest absolute Gasteiger partial charge is 0.379 e. The van der Waals surface area contributed by atoms with Crippen molar-refractivity contribution in [3.05, 3.63) is 66.7 Å². The molecule has 3 aromatic rings. The molecule has 150 valence electrons. The normalized spacial score (nSPS) is 15.2. The highest BCUT2D eigenvalue weighted by Crippen LogP contribution is 2.24. The lowest BCUT2D eigenvalue weighted by molar-refractivity contribution is 0.0730. The molecule has 0 atom stereocenters. The lowest BCUT2D eigenvalue weighted by Gasteiger charge is -2.26. The van der Waals surface area contributed by atoms with Gasteiger partial charge in [0, 0.05) is 29.9 Å². The zero-order valence-corrected chi connectivity index (χ0v) is 17.3. The van der Waals surface area contributed by atoms with Crippen molar-refractivity contribution in [1.82, 2.24) is 4.31 Å². The van der Waals surface area contributed by atoms with Crippen LogP contribution in [0.4, 0.5) is 11.4 Å². The number of fused-ring (bicyclic) bond motifs is 1. The van der Waals surface area contributed by atoms with Gasteiger partial charge in [-0.15, -0.1) is 0 Å². The Morgan fingerprint density at radius 1 is 0.897 bits per heavy atom. The summed E-state index contributed by atoms with van der Waals surface area (Å²) in [4.78, 5) is 0.262. The highest BCUT2D eigenvalue weighted by molar-refractivity contribution is 7.89. The number of benzene rings is 3. The van der Waals surface area contributed by atoms with Gasteiger partial charge >= 0.3 is 0 Å². The number of thiocarbonyl (C=S) groups is 1. The van der Waals surface area contributed by atoms with Crippen LogP contribution in [-0.2, 0) is 14.8 Å². The zero-order valence-electron chi connectivity index (χ0n) is 15.7. The third-order valence-corrected chi connectivity index (χ3v) is 6.87. The molecule has 0 aliphatic carbocycles. The molecule has 1 saturated heterocycles. The average Bonchev–Trinajstić information content (AvgIpc) is 2.75. The second-order valence-electron chi connectivity index (χ2n) is 6.65. The SMILES string of the molecule is O=S(=O)(c1ccc(NC(=S)Nc2cccc3ccccc23)cc1)N1CCOCC1. The van der Waals surface area contributed by atoms with Crippen molar-refractivity contribution < 1.29 is 13.2 Å². The highest BCUT2D eigenvalue weighted by atomic mass is 32.2. The summed E-state index contributed by atoms with van der Waals surface area (Å²) in [6, 6.07) is 20.6. The summed E-state index contributed by atoms with van der Waals surface area (Å²) >= 11 is 5.43. The summed E-state index contributed by atoms with van der Waals surface area (Å²) in [5.74, 6) is 0. The average molecular weight is 428 g/mol. The molecule has 1 aliphatic heterocycles. The van der Waals surface area contributed by atoms with Crippen LogP contribution in [0.1, 0.15) is 0 Å². The number of morpholine rings is 1. The van der Waals surface area contributed by atoms with Crippen molar-refractivity contribution in [2.24, 2.45) is 0 Å². The molecule has 29 heavy (non-hydrogen) atoms. The minimum atomic E-state index is -3.50. The fourth-order valence-corrected chi connectivity index (χ4v) is 4.90. The molecular weight excluding hydrogens is 406 g/mol. The van der Waals surface area contributed by atoms with Crippen LogP contribution in [-0.4, -0.2) is 44.1 Å². The van der Waals surface area contributed by atoms with E-state index in [9.17, 15) is 8.42 Å². The number of rotatable bonds is 4. The van der Waals surface area contributed by atoms with E-state index in [-0.39, 0.29) is 4.90 Å². The predicted molar refractivity (Wildman–Crippen MR) is 120 cm³/mol. The molecule has 1 fully saturated rings. The standard InChI is InChI=1S/C21H21N3O3S2/c25-29(26,24-12-14-27-15-13-24)18-10-8-17(9-11-18)22-21(28)23-20-7-3-5-16-4-1-2-6-19(16)20/h1-11H,12-15H2,(H2,22,23,28). The molecular formula is C21H21N3O3S2. The van der Waals surface area contributed by atoms with E-state index in [1.54, 1.807) is 24.3 Å². The van der Waals surface area contributed by atoms with Gasteiger partial charge in [0.25, 0.3) is 0 Å². The quantitative estimate of drug-likeness (QED) is 0.619. The lowest BCUT2D eigenvalue weighted by Crippen LogP contribution is -2.40. The molecule has 0 unspecified atom stereocenters. The van der Waals surface area contributed by atoms with Crippen LogP contribution in [0.25, 0.3) is 10.8 Å². The number of ether oxygens (including phenoxy) is 1. The van der Waals surface area contributed by atoms with Crippen LogP contribution in [0.3, 0.4) is 0 Å². The molecule has 0 amide bonds. The molecule has 0 spiro atoms. The van der Waals surface area contributed by atoms with Gasteiger partial charge in [0.1, 0.15) is 0 Å². The van der Waals surface area contributed by atoms with Gasteiger partial charge in [-0.1, -0.05) is 36.4 Å². The second kappa shape index (κ2) is 8.46. The molecule has 8 heteroatoms. The van der Waals surface area contributed by atoms with Gasteiger partial charge in [0.15, 0.2) is 5.11 Å². The first-order valence-corrected chi connectivity index (χ1v) is 11.1. The molecule has 1 heterocycles. The van der Waals surface area contributed by atoms with Gasteiger partial charge in [0.2, 0.25) is 10.0 Å². The molecule has 0 radical (unpaired) electrons. The monoisotopic (exact) mass is 427 g/mol. The van der Waals surface area contributed by atoms with E-state index in [0.29, 0.717) is 37.1 Å². The minimum absolute atomic E-state index is 0.262. The van der Waals surface area contributed by atoms with Gasteiger partial charge in [-0.3, -0.25) is 0 Å². The number of nitrogens with one attached hydrogen (secondary N) is 2. The first kappa shape index (κ1) is 19.8. The Balaban J connectivity index is 1.45. The first-order chi connectivity index (χ1) is 14.0. The van der Waals surface area contributed by atoms with Crippen molar-refractivity contribution in [2.45, 2.75) is 4.90 Å². The molecule has 4 rings (SSSR count). The van der Waals surface area contributed by atoms with Gasteiger partial charge in [-0.2, -0.15) is 4.31 Å². The second-order valence-corrected chi connectivity index (χ2v) is 8.99. The molecule has 0 aromatic heterocycles. The Labute approximate surface area is 175 Å². The van der Waals surface area contributed by atoms with Crippen molar-refractivity contribution >= 4 is 49.5 Å². The number of hydrogen-bond donors (Lipinski definition) is 2. The van der Waals surface area contributed by atoms with Crippen LogP contribution in [0.2, 0.25) is 0 Å². The van der Waals surface area contributed by atoms with E-state index in [2.05, 4.69) is 10.6 Å². The third kappa shape index (κ3) is 4.40. The minimum Gasteiger partial charge on any atom is -0.379 e. The summed E-state index contributed by atoms with van der Waals surface area (Å²) in [5.41, 5.74) is 1.62. The molecule has 0 bridgehead atoms. The van der Waals surface area contributed by atoms with Crippen LogP contribution in [0.15, 0.2) is 71.6 Å². The Hall–Kier alpha value is -2.52. The van der Waals surface area contributed by atoms with Crippen molar-refractivity contribution in [3.8, 4) is 0 Å². The van der Waals surface area contributed by atoms with Gasteiger partial charge in [0.05, 0.1) is 18.1 Å². The van der Waals surface area contributed by atoms with Crippen LogP contribution in [0, 0.1) is 0 Å². The third-order valence-electron chi connectivity index (χ3n) is 4.76. The van der Waals surface area contributed by atoms with E-state index in [0.717, 1.165) is 16.5 Å². The fourth-order valence-electron chi connectivity index (χ4n) is 3.27. The molecule has 0 saturated carbocycles. The smallest absolute Gasteiger partial charge is 0.243 e. The van der Waals surface area contributed by atoms with Gasteiger partial charge in [-0.25, -0.2) is 8.42 Å². The summed E-state index contributed by atoms with van der Waals surface area (Å²) in [5, 5.41) is 8.95. The Morgan fingerprint density at radius 2 is 1.59 bits per heavy atom. The Kier molecular flexibility index (Phi) is 5.77. The van der Waals surface area contributed by atoms with Crippen LogP contribution >= 0.6 is 12.2 Å². The maximum Gasteiger partial charge on any atom is 0.243 e. The molecule has 1 aliphatic rings. The Bertz CT molecular complexity index is 1120. The van der Waals surface area contributed by atoms with Crippen molar-refractivity contribution in [1.29, 1.82) is 0 Å². The maximum absolute atomic E-state index is 12.7. The molecule has 2 N–H and O–H groups in total. The lowest BCUT2D eigenvalue weighted by atomic mass is 10.1. The summed E-state index contributed by atoms with van der Waals surface area (Å²) in [6.45, 7) is 1.60. The van der Waals surface area contributed by atoms with Crippen molar-refractivity contribution in [3.63, 3.8) is 0 Å². The number of anilines is 2. The van der Waals surface area contributed by atoms with E-state index >= 15 is 0 Å². The van der Waals surface area contributed by atoms with E-state index in [1.165, 1.54) is 4.31 Å². The predicted octanol–water partition coefficient (Wildman–Crippen LogP) is 3.67. The zero-order chi connectivity index (χ0) is 20.3. The summed E-state index contributed by atoms with van der Waals surface area (Å²) in [7, 11) is -3.50. The topological polar surface area (TPSA) is 70.7 Å². The summed E-state index contributed by atoms with van der Waals surface area (Å²) < 4.78 is 32.1. The van der Waals surface area contributed by atoms with Crippen LogP contribution < -0.4 is 10.6 Å². The fraction of sp³-hybridized carbons (Fsp3) is 0.190. The van der Waals surface area contributed by atoms with Crippen LogP contribution in [0.5, 0.6) is 0 Å².